The SMILES string of the molecule is Cc1ccnc(NC(=O)C2CCN(C(=O)C=Cc3ccccc3F)CC2)c1. The molecule has 3 rings (SSSR count). The van der Waals surface area contributed by atoms with E-state index in [0.29, 0.717) is 37.3 Å². The highest BCUT2D eigenvalue weighted by Crippen LogP contribution is 2.20. The van der Waals surface area contributed by atoms with Gasteiger partial charge >= 0.3 is 0 Å². The maximum atomic E-state index is 13.6. The van der Waals surface area contributed by atoms with Crippen molar-refractivity contribution >= 4 is 23.7 Å². The summed E-state index contributed by atoms with van der Waals surface area (Å²) < 4.78 is 13.6. The van der Waals surface area contributed by atoms with Crippen LogP contribution in [0, 0.1) is 18.7 Å². The lowest BCUT2D eigenvalue weighted by molar-refractivity contribution is -0.130. The van der Waals surface area contributed by atoms with Crippen LogP contribution in [0.3, 0.4) is 0 Å². The van der Waals surface area contributed by atoms with Gasteiger partial charge in [-0.15, -0.1) is 0 Å². The van der Waals surface area contributed by atoms with Crippen LogP contribution in [0.5, 0.6) is 0 Å². The zero-order valence-electron chi connectivity index (χ0n) is 15.2. The first kappa shape index (κ1) is 18.8. The standard InChI is InChI=1S/C21H22FN3O2/c1-15-8-11-23-19(14-15)24-21(27)17-9-12-25(13-10-17)20(26)7-6-16-4-2-3-5-18(16)22/h2-8,11,14,17H,9-10,12-13H2,1H3,(H,23,24,27). The third kappa shape index (κ3) is 5.00. The summed E-state index contributed by atoms with van der Waals surface area (Å²) in [5.74, 6) is -0.195. The van der Waals surface area contributed by atoms with Crippen molar-refractivity contribution in [1.82, 2.24) is 9.88 Å². The van der Waals surface area contributed by atoms with Gasteiger partial charge in [-0.05, 0) is 49.6 Å². The lowest BCUT2D eigenvalue weighted by atomic mass is 9.96. The normalized spacial score (nSPS) is 15.1. The number of piperidine rings is 1. The van der Waals surface area contributed by atoms with Crippen molar-refractivity contribution < 1.29 is 14.0 Å². The lowest BCUT2D eigenvalue weighted by Gasteiger charge is -2.30. The number of hydrogen-bond acceptors (Lipinski definition) is 3. The summed E-state index contributed by atoms with van der Waals surface area (Å²) in [7, 11) is 0. The van der Waals surface area contributed by atoms with E-state index in [1.165, 1.54) is 18.2 Å². The number of aromatic nitrogens is 1. The third-order valence-electron chi connectivity index (χ3n) is 4.65. The molecule has 1 fully saturated rings. The third-order valence-corrected chi connectivity index (χ3v) is 4.65. The van der Waals surface area contributed by atoms with E-state index in [1.807, 2.05) is 19.1 Å². The Morgan fingerprint density at radius 2 is 1.96 bits per heavy atom. The fraction of sp³-hybridized carbons (Fsp3) is 0.286. The first-order chi connectivity index (χ1) is 13.0. The van der Waals surface area contributed by atoms with E-state index >= 15 is 0 Å². The quantitative estimate of drug-likeness (QED) is 0.843. The van der Waals surface area contributed by atoms with Crippen LogP contribution in [-0.2, 0) is 9.59 Å². The topological polar surface area (TPSA) is 62.3 Å². The maximum absolute atomic E-state index is 13.6. The number of anilines is 1. The van der Waals surface area contributed by atoms with Gasteiger partial charge in [0.25, 0.3) is 0 Å². The van der Waals surface area contributed by atoms with Gasteiger partial charge in [-0.2, -0.15) is 0 Å². The Morgan fingerprint density at radius 3 is 2.67 bits per heavy atom. The average molecular weight is 367 g/mol. The van der Waals surface area contributed by atoms with Crippen LogP contribution in [0.15, 0.2) is 48.7 Å². The summed E-state index contributed by atoms with van der Waals surface area (Å²) in [4.78, 5) is 30.5. The average Bonchev–Trinajstić information content (AvgIpc) is 2.67. The number of rotatable bonds is 4. The van der Waals surface area contributed by atoms with E-state index in [4.69, 9.17) is 0 Å². The molecule has 1 aliphatic rings. The van der Waals surface area contributed by atoms with E-state index in [1.54, 1.807) is 29.3 Å². The fourth-order valence-corrected chi connectivity index (χ4v) is 3.07. The molecule has 2 amide bonds. The molecule has 1 aromatic heterocycles. The minimum Gasteiger partial charge on any atom is -0.339 e. The highest BCUT2D eigenvalue weighted by Gasteiger charge is 2.26. The molecule has 1 aromatic carbocycles. The Bertz CT molecular complexity index is 858. The summed E-state index contributed by atoms with van der Waals surface area (Å²) in [6.45, 7) is 2.94. The molecule has 0 atom stereocenters. The molecule has 0 aliphatic carbocycles. The van der Waals surface area contributed by atoms with Crippen molar-refractivity contribution in [3.05, 3.63) is 65.6 Å². The summed E-state index contributed by atoms with van der Waals surface area (Å²) in [5.41, 5.74) is 1.41. The van der Waals surface area contributed by atoms with E-state index in [-0.39, 0.29) is 23.5 Å². The molecule has 1 N–H and O–H groups in total. The van der Waals surface area contributed by atoms with Crippen LogP contribution in [0.2, 0.25) is 0 Å². The van der Waals surface area contributed by atoms with Gasteiger partial charge in [0.1, 0.15) is 11.6 Å². The number of amides is 2. The Morgan fingerprint density at radius 1 is 1.22 bits per heavy atom. The second-order valence-corrected chi connectivity index (χ2v) is 6.66. The van der Waals surface area contributed by atoms with Crippen molar-refractivity contribution in [3.8, 4) is 0 Å². The van der Waals surface area contributed by atoms with Crippen molar-refractivity contribution in [1.29, 1.82) is 0 Å². The highest BCUT2D eigenvalue weighted by atomic mass is 19.1. The van der Waals surface area contributed by atoms with Gasteiger partial charge in [0, 0.05) is 36.8 Å². The van der Waals surface area contributed by atoms with Crippen molar-refractivity contribution in [3.63, 3.8) is 0 Å². The number of pyridine rings is 1. The van der Waals surface area contributed by atoms with Crippen molar-refractivity contribution in [2.75, 3.05) is 18.4 Å². The number of hydrogen-bond donors (Lipinski definition) is 1. The molecule has 140 valence electrons. The maximum Gasteiger partial charge on any atom is 0.246 e. The van der Waals surface area contributed by atoms with E-state index in [0.717, 1.165) is 5.56 Å². The molecule has 2 heterocycles. The number of aryl methyl sites for hydroxylation is 1. The van der Waals surface area contributed by atoms with Crippen LogP contribution in [0.4, 0.5) is 10.2 Å². The molecule has 0 radical (unpaired) electrons. The van der Waals surface area contributed by atoms with Crippen LogP contribution in [-0.4, -0.2) is 34.8 Å². The minimum atomic E-state index is -0.360. The Hall–Kier alpha value is -3.02. The second-order valence-electron chi connectivity index (χ2n) is 6.66. The predicted octanol–water partition coefficient (Wildman–Crippen LogP) is 3.42. The van der Waals surface area contributed by atoms with Crippen LogP contribution >= 0.6 is 0 Å². The molecule has 1 aliphatic heterocycles. The van der Waals surface area contributed by atoms with E-state index in [2.05, 4.69) is 10.3 Å². The molecule has 6 heteroatoms. The molecule has 1 saturated heterocycles. The van der Waals surface area contributed by atoms with Gasteiger partial charge in [-0.3, -0.25) is 9.59 Å². The Balaban J connectivity index is 1.51. The molecule has 5 nitrogen and oxygen atoms in total. The van der Waals surface area contributed by atoms with E-state index < -0.39 is 0 Å². The fourth-order valence-electron chi connectivity index (χ4n) is 3.07. The number of benzene rings is 1. The second kappa shape index (κ2) is 8.58. The van der Waals surface area contributed by atoms with Gasteiger partial charge in [0.15, 0.2) is 0 Å². The van der Waals surface area contributed by atoms with Crippen LogP contribution in [0.25, 0.3) is 6.08 Å². The highest BCUT2D eigenvalue weighted by molar-refractivity contribution is 5.93. The lowest BCUT2D eigenvalue weighted by Crippen LogP contribution is -2.40. The molecular weight excluding hydrogens is 345 g/mol. The zero-order valence-corrected chi connectivity index (χ0v) is 15.2. The van der Waals surface area contributed by atoms with Gasteiger partial charge in [-0.1, -0.05) is 18.2 Å². The smallest absolute Gasteiger partial charge is 0.246 e. The number of carbonyl (C=O) groups is 2. The summed E-state index contributed by atoms with van der Waals surface area (Å²) >= 11 is 0. The number of carbonyl (C=O) groups excluding carboxylic acids is 2. The predicted molar refractivity (Wildman–Crippen MR) is 102 cm³/mol. The van der Waals surface area contributed by atoms with Gasteiger partial charge in [-0.25, -0.2) is 9.37 Å². The molecule has 27 heavy (non-hydrogen) atoms. The molecule has 0 spiro atoms. The number of likely N-dealkylation sites (tertiary alicyclic amines) is 1. The number of nitrogens with one attached hydrogen (secondary N) is 1. The Labute approximate surface area is 157 Å². The first-order valence-electron chi connectivity index (χ1n) is 8.98. The van der Waals surface area contributed by atoms with Crippen molar-refractivity contribution in [2.24, 2.45) is 5.92 Å². The molecule has 2 aromatic rings. The van der Waals surface area contributed by atoms with E-state index in [9.17, 15) is 14.0 Å². The minimum absolute atomic E-state index is 0.0675. The molecule has 0 bridgehead atoms. The summed E-state index contributed by atoms with van der Waals surface area (Å²) in [6, 6.07) is 10.0. The molecule has 0 saturated carbocycles. The van der Waals surface area contributed by atoms with Gasteiger partial charge < -0.3 is 10.2 Å². The van der Waals surface area contributed by atoms with Crippen LogP contribution < -0.4 is 5.32 Å². The molecular formula is C21H22FN3O2. The molecule has 0 unspecified atom stereocenters. The summed E-state index contributed by atoms with van der Waals surface area (Å²) in [6.07, 6.45) is 5.72. The monoisotopic (exact) mass is 367 g/mol. The summed E-state index contributed by atoms with van der Waals surface area (Å²) in [5, 5.41) is 2.84. The zero-order chi connectivity index (χ0) is 19.2. The first-order valence-corrected chi connectivity index (χ1v) is 8.98. The van der Waals surface area contributed by atoms with Gasteiger partial charge in [0.2, 0.25) is 11.8 Å². The van der Waals surface area contributed by atoms with Gasteiger partial charge in [0.05, 0.1) is 0 Å². The van der Waals surface area contributed by atoms with Crippen molar-refractivity contribution in [2.45, 2.75) is 19.8 Å². The number of halogens is 1. The Kier molecular flexibility index (Phi) is 5.96. The number of nitrogens with zero attached hydrogens (tertiary/aromatic N) is 2. The van der Waals surface area contributed by atoms with Crippen LogP contribution in [0.1, 0.15) is 24.0 Å². The largest absolute Gasteiger partial charge is 0.339 e.